The number of ether oxygens (including phenoxy) is 2. The van der Waals surface area contributed by atoms with Crippen molar-refractivity contribution in [2.24, 2.45) is 40.2 Å². The standard InChI is InChI=1S/C25H29NO2.C17H23N.C7H6FNO2.2CH4/c1-28-23(27)20-7-8-22(26-16-20)9-10-24-12-18-11-19(13-24)15-25(14-18,17-24)21-5-3-2-4-6-21;18-12-16-7-13-6-14(8-16)10-17(9-13,11-16)15-4-2-1-3-5-15;1-11-7(10)5-2-3-6(8)9-4-5;;/h2-8,16,18-19H,9-15,17H2,1H3;1-5,13-14H,6-12,18H2;2-4H,1H3;2*1H4. The smallest absolute Gasteiger partial charge is 0.339 e. The SMILES string of the molecule is C.C.COC(=O)c1ccc(CCC23CC4CC(C2)CC(c2ccccc2)(C4)C3)nc1.COC(=O)c1ccc(F)nc1.NCC12CC3CC(C1)CC(c1ccccc1)(C3)C2. The van der Waals surface area contributed by atoms with E-state index in [1.54, 1.807) is 17.3 Å². The molecule has 2 heterocycles. The summed E-state index contributed by atoms with van der Waals surface area (Å²) in [6, 6.07) is 28.9. The van der Waals surface area contributed by atoms with Gasteiger partial charge in [0.25, 0.3) is 0 Å². The van der Waals surface area contributed by atoms with Crippen molar-refractivity contribution in [3.05, 3.63) is 131 Å². The Hall–Kier alpha value is -4.43. The molecule has 0 amide bonds. The number of methoxy groups -OCH3 is 2. The molecule has 0 aliphatic heterocycles. The number of aromatic nitrogens is 2. The predicted octanol–water partition coefficient (Wildman–Crippen LogP) is 11.1. The third kappa shape index (κ3) is 9.18. The fraction of sp³-hybridized carbons (Fsp3) is 0.529. The van der Waals surface area contributed by atoms with Gasteiger partial charge in [0.1, 0.15) is 0 Å². The lowest BCUT2D eigenvalue weighted by molar-refractivity contribution is -0.0761. The minimum atomic E-state index is -0.613. The van der Waals surface area contributed by atoms with Crippen molar-refractivity contribution >= 4 is 11.9 Å². The van der Waals surface area contributed by atoms with Crippen molar-refractivity contribution in [1.29, 1.82) is 0 Å². The fourth-order valence-corrected chi connectivity index (χ4v) is 13.5. The maximum atomic E-state index is 12.2. The minimum absolute atomic E-state index is 0. The number of rotatable bonds is 8. The molecule has 4 atom stereocenters. The molecule has 8 heteroatoms. The molecular weight excluding hydrogens is 738 g/mol. The highest BCUT2D eigenvalue weighted by Gasteiger charge is 2.58. The molecule has 2 N–H and O–H groups in total. The lowest BCUT2D eigenvalue weighted by Crippen LogP contribution is -2.56. The Labute approximate surface area is 352 Å². The van der Waals surface area contributed by atoms with Crippen LogP contribution < -0.4 is 5.73 Å². The summed E-state index contributed by atoms with van der Waals surface area (Å²) in [5.74, 6) is 2.26. The second-order valence-electron chi connectivity index (χ2n) is 18.8. The molecule has 7 nitrogen and oxygen atoms in total. The Morgan fingerprint density at radius 1 is 0.627 bits per heavy atom. The van der Waals surface area contributed by atoms with Crippen molar-refractivity contribution < 1.29 is 23.5 Å². The summed E-state index contributed by atoms with van der Waals surface area (Å²) in [7, 11) is 2.66. The van der Waals surface area contributed by atoms with Gasteiger partial charge in [-0.2, -0.15) is 4.39 Å². The van der Waals surface area contributed by atoms with Crippen LogP contribution in [0.3, 0.4) is 0 Å². The number of carbonyl (C=O) groups excluding carboxylic acids is 2. The second kappa shape index (κ2) is 18.0. The van der Waals surface area contributed by atoms with Crippen molar-refractivity contribution in [1.82, 2.24) is 9.97 Å². The normalized spacial score (nSPS) is 31.3. The maximum absolute atomic E-state index is 12.2. The Morgan fingerprint density at radius 3 is 1.47 bits per heavy atom. The summed E-state index contributed by atoms with van der Waals surface area (Å²) in [4.78, 5) is 30.2. The molecule has 0 saturated heterocycles. The van der Waals surface area contributed by atoms with Crippen molar-refractivity contribution in [2.75, 3.05) is 20.8 Å². The highest BCUT2D eigenvalue weighted by Crippen LogP contribution is 2.67. The van der Waals surface area contributed by atoms with Crippen LogP contribution in [0.1, 0.15) is 136 Å². The van der Waals surface area contributed by atoms with Crippen LogP contribution in [-0.2, 0) is 26.7 Å². The van der Waals surface area contributed by atoms with Gasteiger partial charge in [-0.1, -0.05) is 75.5 Å². The van der Waals surface area contributed by atoms with Crippen LogP contribution in [0.15, 0.2) is 97.3 Å². The minimum Gasteiger partial charge on any atom is -0.465 e. The summed E-state index contributed by atoms with van der Waals surface area (Å²) in [6.45, 7) is 0.911. The van der Waals surface area contributed by atoms with E-state index in [0.29, 0.717) is 27.2 Å². The van der Waals surface area contributed by atoms with Crippen molar-refractivity contribution in [2.45, 2.75) is 116 Å². The first kappa shape index (κ1) is 44.1. The highest BCUT2D eigenvalue weighted by molar-refractivity contribution is 5.89. The highest BCUT2D eigenvalue weighted by atomic mass is 19.1. The molecule has 2 aromatic heterocycles. The number of carbonyl (C=O) groups is 2. The van der Waals surface area contributed by atoms with Gasteiger partial charge in [0.2, 0.25) is 5.95 Å². The zero-order valence-corrected chi connectivity index (χ0v) is 33.6. The molecule has 8 aliphatic rings. The van der Waals surface area contributed by atoms with Gasteiger partial charge >= 0.3 is 11.9 Å². The summed E-state index contributed by atoms with van der Waals surface area (Å²) < 4.78 is 21.3. The topological polar surface area (TPSA) is 104 Å². The first-order valence-electron chi connectivity index (χ1n) is 21.1. The van der Waals surface area contributed by atoms with Crippen molar-refractivity contribution in [3.63, 3.8) is 0 Å². The Balaban J connectivity index is 0.000000162. The largest absolute Gasteiger partial charge is 0.465 e. The van der Waals surface area contributed by atoms with Gasteiger partial charge in [0.15, 0.2) is 0 Å². The number of nitrogens with zero attached hydrogens (tertiary/aromatic N) is 2. The van der Waals surface area contributed by atoms with Crippen molar-refractivity contribution in [3.8, 4) is 0 Å². The zero-order valence-electron chi connectivity index (χ0n) is 33.6. The van der Waals surface area contributed by atoms with E-state index in [1.165, 1.54) is 104 Å². The van der Waals surface area contributed by atoms with Gasteiger partial charge < -0.3 is 15.2 Å². The summed E-state index contributed by atoms with van der Waals surface area (Å²) in [5, 5.41) is 0. The number of hydrogen-bond acceptors (Lipinski definition) is 7. The predicted molar refractivity (Wildman–Crippen MR) is 232 cm³/mol. The molecule has 8 bridgehead atoms. The number of nitrogens with two attached hydrogens (primary N) is 1. The molecule has 2 aromatic carbocycles. The third-order valence-electron chi connectivity index (χ3n) is 14.9. The summed E-state index contributed by atoms with van der Waals surface area (Å²) in [6.07, 6.45) is 21.9. The third-order valence-corrected chi connectivity index (χ3v) is 14.9. The van der Waals surface area contributed by atoms with E-state index >= 15 is 0 Å². The first-order valence-corrected chi connectivity index (χ1v) is 21.1. The molecule has 8 fully saturated rings. The summed E-state index contributed by atoms with van der Waals surface area (Å²) >= 11 is 0. The van der Waals surface area contributed by atoms with E-state index in [0.717, 1.165) is 54.6 Å². The van der Waals surface area contributed by atoms with Gasteiger partial charge in [-0.3, -0.25) is 4.98 Å². The van der Waals surface area contributed by atoms with Crippen LogP contribution in [0.2, 0.25) is 0 Å². The zero-order chi connectivity index (χ0) is 39.7. The average molecular weight is 804 g/mol. The molecule has 0 spiro atoms. The van der Waals surface area contributed by atoms with E-state index in [-0.39, 0.29) is 26.4 Å². The lowest BCUT2D eigenvalue weighted by Gasteiger charge is -2.63. The molecule has 8 aliphatic carbocycles. The van der Waals surface area contributed by atoms with Gasteiger partial charge in [0, 0.05) is 18.1 Å². The number of esters is 2. The van der Waals surface area contributed by atoms with E-state index in [9.17, 15) is 14.0 Å². The number of halogens is 1. The molecular formula is C51H66FN3O4. The number of pyridine rings is 2. The molecule has 0 radical (unpaired) electrons. The molecule has 12 rings (SSSR count). The van der Waals surface area contributed by atoms with Crippen LogP contribution in [0.5, 0.6) is 0 Å². The van der Waals surface area contributed by atoms with Crippen LogP contribution >= 0.6 is 0 Å². The average Bonchev–Trinajstić information content (AvgIpc) is 3.23. The Morgan fingerprint density at radius 2 is 1.07 bits per heavy atom. The van der Waals surface area contributed by atoms with Gasteiger partial charge in [-0.05, 0) is 177 Å². The quantitative estimate of drug-likeness (QED) is 0.140. The molecule has 316 valence electrons. The van der Waals surface area contributed by atoms with E-state index in [4.69, 9.17) is 10.5 Å². The van der Waals surface area contributed by atoms with Gasteiger partial charge in [-0.25, -0.2) is 14.6 Å². The van der Waals surface area contributed by atoms with Crippen LogP contribution in [0.25, 0.3) is 0 Å². The molecule has 8 saturated carbocycles. The van der Waals surface area contributed by atoms with Crippen LogP contribution in [-0.4, -0.2) is 42.7 Å². The van der Waals surface area contributed by atoms with E-state index in [1.807, 2.05) is 12.1 Å². The molecule has 59 heavy (non-hydrogen) atoms. The second-order valence-corrected chi connectivity index (χ2v) is 18.8. The van der Waals surface area contributed by atoms with Crippen LogP contribution in [0.4, 0.5) is 4.39 Å². The Bertz CT molecular complexity index is 1980. The van der Waals surface area contributed by atoms with E-state index in [2.05, 4.69) is 75.4 Å². The number of aryl methyl sites for hydroxylation is 1. The molecule has 4 unspecified atom stereocenters. The number of benzene rings is 2. The van der Waals surface area contributed by atoms with Crippen LogP contribution in [0, 0.1) is 40.4 Å². The Kier molecular flexibility index (Phi) is 13.5. The maximum Gasteiger partial charge on any atom is 0.339 e. The number of hydrogen-bond donors (Lipinski definition) is 1. The van der Waals surface area contributed by atoms with E-state index < -0.39 is 11.9 Å². The summed E-state index contributed by atoms with van der Waals surface area (Å²) in [5.41, 5.74) is 13.1. The molecule has 4 aromatic rings. The monoisotopic (exact) mass is 804 g/mol. The lowest BCUT2D eigenvalue weighted by atomic mass is 9.42. The fourth-order valence-electron chi connectivity index (χ4n) is 13.5. The van der Waals surface area contributed by atoms with Gasteiger partial charge in [-0.15, -0.1) is 0 Å². The first-order chi connectivity index (χ1) is 27.6. The van der Waals surface area contributed by atoms with Gasteiger partial charge in [0.05, 0.1) is 25.3 Å².